The van der Waals surface area contributed by atoms with Crippen molar-refractivity contribution in [1.29, 1.82) is 0 Å². The molecule has 1 aromatic heterocycles. The van der Waals surface area contributed by atoms with Crippen molar-refractivity contribution >= 4 is 27.8 Å². The minimum absolute atomic E-state index is 0.0839. The van der Waals surface area contributed by atoms with Crippen LogP contribution in [0.2, 0.25) is 0 Å². The predicted octanol–water partition coefficient (Wildman–Crippen LogP) is 2.74. The molecule has 0 aliphatic heterocycles. The van der Waals surface area contributed by atoms with E-state index < -0.39 is 22.5 Å². The molecular formula is C22H22N4O4S. The third-order valence-corrected chi connectivity index (χ3v) is 6.13. The molecule has 0 saturated heterocycles. The van der Waals surface area contributed by atoms with E-state index in [-0.39, 0.29) is 4.90 Å². The monoisotopic (exact) mass is 438 g/mol. The second-order valence-corrected chi connectivity index (χ2v) is 8.46. The van der Waals surface area contributed by atoms with Crippen LogP contribution in [0.4, 0.5) is 5.69 Å². The lowest BCUT2D eigenvalue weighted by atomic mass is 10.2. The van der Waals surface area contributed by atoms with E-state index in [2.05, 4.69) is 15.5 Å². The van der Waals surface area contributed by atoms with Gasteiger partial charge in [0.05, 0.1) is 23.9 Å². The van der Waals surface area contributed by atoms with E-state index in [4.69, 9.17) is 4.74 Å². The third kappa shape index (κ3) is 5.67. The van der Waals surface area contributed by atoms with Crippen LogP contribution in [-0.2, 0) is 14.8 Å². The summed E-state index contributed by atoms with van der Waals surface area (Å²) in [6.45, 7) is 1.41. The Kier molecular flexibility index (Phi) is 6.99. The molecule has 0 aliphatic rings. The summed E-state index contributed by atoms with van der Waals surface area (Å²) in [4.78, 5) is 16.5. The quantitative estimate of drug-likeness (QED) is 0.431. The van der Waals surface area contributed by atoms with E-state index in [1.165, 1.54) is 25.5 Å². The first-order valence-corrected chi connectivity index (χ1v) is 10.8. The number of pyridine rings is 1. The van der Waals surface area contributed by atoms with E-state index in [0.29, 0.717) is 17.0 Å². The maximum absolute atomic E-state index is 13.3. The molecule has 31 heavy (non-hydrogen) atoms. The fraction of sp³-hybridized carbons (Fsp3) is 0.136. The highest BCUT2D eigenvalue weighted by Gasteiger charge is 2.27. The number of nitrogens with zero attached hydrogens (tertiary/aromatic N) is 3. The Balaban J connectivity index is 1.85. The lowest BCUT2D eigenvalue weighted by molar-refractivity contribution is -0.119. The zero-order valence-corrected chi connectivity index (χ0v) is 17.9. The van der Waals surface area contributed by atoms with Crippen molar-refractivity contribution in [1.82, 2.24) is 10.4 Å². The van der Waals surface area contributed by atoms with Crippen molar-refractivity contribution in [3.63, 3.8) is 0 Å². The summed E-state index contributed by atoms with van der Waals surface area (Å²) in [7, 11) is -2.48. The van der Waals surface area contributed by atoms with Gasteiger partial charge in [-0.3, -0.25) is 14.1 Å². The van der Waals surface area contributed by atoms with Gasteiger partial charge in [-0.15, -0.1) is 0 Å². The fourth-order valence-corrected chi connectivity index (χ4v) is 4.12. The van der Waals surface area contributed by atoms with Gasteiger partial charge in [0.2, 0.25) is 0 Å². The Labute approximate surface area is 181 Å². The van der Waals surface area contributed by atoms with E-state index >= 15 is 0 Å². The van der Waals surface area contributed by atoms with Gasteiger partial charge in [-0.2, -0.15) is 5.10 Å². The molecular weight excluding hydrogens is 416 g/mol. The zero-order chi connectivity index (χ0) is 22.3. The van der Waals surface area contributed by atoms with Crippen molar-refractivity contribution in [2.75, 3.05) is 18.0 Å². The van der Waals surface area contributed by atoms with Gasteiger partial charge in [0, 0.05) is 18.0 Å². The first-order chi connectivity index (χ1) is 14.9. The predicted molar refractivity (Wildman–Crippen MR) is 119 cm³/mol. The van der Waals surface area contributed by atoms with Gasteiger partial charge in [0.25, 0.3) is 15.9 Å². The van der Waals surface area contributed by atoms with Crippen LogP contribution in [0, 0.1) is 6.92 Å². The molecule has 0 atom stereocenters. The summed E-state index contributed by atoms with van der Waals surface area (Å²) in [6, 6.07) is 16.4. The number of hydrogen-bond donors (Lipinski definition) is 1. The first kappa shape index (κ1) is 22.0. The summed E-state index contributed by atoms with van der Waals surface area (Å²) in [5.41, 5.74) is 4.31. The fourth-order valence-electron chi connectivity index (χ4n) is 2.70. The van der Waals surface area contributed by atoms with Crippen molar-refractivity contribution < 1.29 is 17.9 Å². The SMILES string of the molecule is COc1ccc(N(CC(=O)N/N=C\c2cccnc2)S(=O)(=O)c2ccc(C)cc2)cc1. The normalized spacial score (nSPS) is 11.3. The van der Waals surface area contributed by atoms with Gasteiger partial charge in [-0.1, -0.05) is 23.8 Å². The molecule has 0 aliphatic carbocycles. The summed E-state index contributed by atoms with van der Waals surface area (Å²) in [5.74, 6) is -0.0198. The van der Waals surface area contributed by atoms with Crippen LogP contribution >= 0.6 is 0 Å². The Morgan fingerprint density at radius 2 is 1.84 bits per heavy atom. The molecule has 2 aromatic carbocycles. The molecule has 8 nitrogen and oxygen atoms in total. The second kappa shape index (κ2) is 9.86. The molecule has 1 heterocycles. The van der Waals surface area contributed by atoms with E-state index in [1.807, 2.05) is 6.92 Å². The van der Waals surface area contributed by atoms with Crippen molar-refractivity contribution in [2.24, 2.45) is 5.10 Å². The van der Waals surface area contributed by atoms with Crippen LogP contribution in [0.3, 0.4) is 0 Å². The molecule has 0 spiro atoms. The first-order valence-electron chi connectivity index (χ1n) is 9.35. The van der Waals surface area contributed by atoms with E-state index in [0.717, 1.165) is 9.87 Å². The molecule has 3 rings (SSSR count). The summed E-state index contributed by atoms with van der Waals surface area (Å²) >= 11 is 0. The number of sulfonamides is 1. The van der Waals surface area contributed by atoms with Crippen molar-refractivity contribution in [3.05, 3.63) is 84.2 Å². The van der Waals surface area contributed by atoms with Crippen LogP contribution < -0.4 is 14.5 Å². The molecule has 3 aromatic rings. The van der Waals surface area contributed by atoms with E-state index in [1.54, 1.807) is 60.9 Å². The molecule has 0 saturated carbocycles. The second-order valence-electron chi connectivity index (χ2n) is 6.60. The molecule has 0 bridgehead atoms. The number of anilines is 1. The van der Waals surface area contributed by atoms with E-state index in [9.17, 15) is 13.2 Å². The van der Waals surface area contributed by atoms with Gasteiger partial charge in [0.1, 0.15) is 12.3 Å². The largest absolute Gasteiger partial charge is 0.497 e. The zero-order valence-electron chi connectivity index (χ0n) is 17.1. The van der Waals surface area contributed by atoms with Crippen LogP contribution in [0.25, 0.3) is 0 Å². The Morgan fingerprint density at radius 3 is 2.45 bits per heavy atom. The molecule has 9 heteroatoms. The maximum atomic E-state index is 13.3. The topological polar surface area (TPSA) is 101 Å². The van der Waals surface area contributed by atoms with Gasteiger partial charge in [-0.25, -0.2) is 13.8 Å². The summed E-state index contributed by atoms with van der Waals surface area (Å²) in [6.07, 6.45) is 4.64. The molecule has 0 radical (unpaired) electrons. The van der Waals surface area contributed by atoms with Crippen LogP contribution in [0.15, 0.2) is 83.1 Å². The number of aryl methyl sites for hydroxylation is 1. The number of benzene rings is 2. The van der Waals surface area contributed by atoms with Crippen LogP contribution in [0.5, 0.6) is 5.75 Å². The van der Waals surface area contributed by atoms with Crippen molar-refractivity contribution in [2.45, 2.75) is 11.8 Å². The maximum Gasteiger partial charge on any atom is 0.264 e. The highest BCUT2D eigenvalue weighted by atomic mass is 32.2. The van der Waals surface area contributed by atoms with Crippen LogP contribution in [-0.4, -0.2) is 39.2 Å². The number of ether oxygens (including phenoxy) is 1. The molecule has 0 unspecified atom stereocenters. The minimum atomic E-state index is -3.99. The highest BCUT2D eigenvalue weighted by molar-refractivity contribution is 7.92. The Morgan fingerprint density at radius 1 is 1.13 bits per heavy atom. The molecule has 160 valence electrons. The lowest BCUT2D eigenvalue weighted by Crippen LogP contribution is -2.39. The minimum Gasteiger partial charge on any atom is -0.497 e. The summed E-state index contributed by atoms with van der Waals surface area (Å²) in [5, 5.41) is 3.88. The van der Waals surface area contributed by atoms with Gasteiger partial charge in [0.15, 0.2) is 0 Å². The average molecular weight is 439 g/mol. The number of methoxy groups -OCH3 is 1. The standard InChI is InChI=1S/C22H22N4O4S/c1-17-5-11-21(12-6-17)31(28,29)26(19-7-9-20(30-2)10-8-19)16-22(27)25-24-15-18-4-3-13-23-14-18/h3-15H,16H2,1-2H3,(H,25,27)/b24-15-. The average Bonchev–Trinajstić information content (AvgIpc) is 2.78. The molecule has 1 amide bonds. The third-order valence-electron chi connectivity index (χ3n) is 4.34. The van der Waals surface area contributed by atoms with Gasteiger partial charge >= 0.3 is 0 Å². The highest BCUT2D eigenvalue weighted by Crippen LogP contribution is 2.25. The van der Waals surface area contributed by atoms with Crippen LogP contribution in [0.1, 0.15) is 11.1 Å². The number of nitrogens with one attached hydrogen (secondary N) is 1. The lowest BCUT2D eigenvalue weighted by Gasteiger charge is -2.24. The van der Waals surface area contributed by atoms with Gasteiger partial charge in [-0.05, 0) is 49.4 Å². The number of rotatable bonds is 8. The van der Waals surface area contributed by atoms with Gasteiger partial charge < -0.3 is 4.74 Å². The smallest absolute Gasteiger partial charge is 0.264 e. The number of carbonyl (C=O) groups is 1. The number of hydrazone groups is 1. The van der Waals surface area contributed by atoms with Crippen molar-refractivity contribution in [3.8, 4) is 5.75 Å². The number of aromatic nitrogens is 1. The Hall–Kier alpha value is -3.72. The number of carbonyl (C=O) groups excluding carboxylic acids is 1. The molecule has 1 N–H and O–H groups in total. The molecule has 0 fully saturated rings. The number of hydrogen-bond acceptors (Lipinski definition) is 6. The summed E-state index contributed by atoms with van der Waals surface area (Å²) < 4.78 is 32.8. The number of amides is 1. The Bertz CT molecular complexity index is 1150.